The van der Waals surface area contributed by atoms with E-state index in [1.165, 1.54) is 36.3 Å². The van der Waals surface area contributed by atoms with Gasteiger partial charge in [-0.1, -0.05) is 12.1 Å². The number of benzene rings is 1. The van der Waals surface area contributed by atoms with Crippen molar-refractivity contribution in [1.29, 1.82) is 0 Å². The SMILES string of the molecule is CNc1ncnc2c1ncn2[C@@H]1O[C@H](COP(=O)(O)O)[C@@H](NC(=O)[C@H](Cc2ccc(O)cc2)NC(C)=O)[C@H]1O. The zero-order chi connectivity index (χ0) is 28.3. The molecule has 0 aliphatic carbocycles. The largest absolute Gasteiger partial charge is 0.508 e. The van der Waals surface area contributed by atoms with Gasteiger partial charge < -0.3 is 40.7 Å². The molecule has 7 N–H and O–H groups in total. The van der Waals surface area contributed by atoms with Crippen molar-refractivity contribution in [2.75, 3.05) is 19.0 Å². The molecule has 1 aliphatic heterocycles. The van der Waals surface area contributed by atoms with E-state index in [2.05, 4.69) is 35.4 Å². The highest BCUT2D eigenvalue weighted by Gasteiger charge is 2.47. The van der Waals surface area contributed by atoms with Crippen LogP contribution in [0.3, 0.4) is 0 Å². The highest BCUT2D eigenvalue weighted by Crippen LogP contribution is 2.39. The van der Waals surface area contributed by atoms with Crippen molar-refractivity contribution < 1.29 is 43.4 Å². The van der Waals surface area contributed by atoms with Crippen LogP contribution in [-0.2, 0) is 29.8 Å². The molecule has 0 spiro atoms. The molecule has 0 bridgehead atoms. The number of amides is 2. The monoisotopic (exact) mass is 565 g/mol. The summed E-state index contributed by atoms with van der Waals surface area (Å²) in [6.45, 7) is 0.567. The predicted molar refractivity (Wildman–Crippen MR) is 134 cm³/mol. The number of nitrogens with zero attached hydrogens (tertiary/aromatic N) is 4. The van der Waals surface area contributed by atoms with Crippen LogP contribution >= 0.6 is 7.82 Å². The lowest BCUT2D eigenvalue weighted by atomic mass is 10.0. The number of phosphoric acid groups is 1. The number of phenols is 1. The summed E-state index contributed by atoms with van der Waals surface area (Å²) in [7, 11) is -3.27. The van der Waals surface area contributed by atoms with Gasteiger partial charge >= 0.3 is 7.82 Å². The summed E-state index contributed by atoms with van der Waals surface area (Å²) in [5, 5.41) is 28.8. The lowest BCUT2D eigenvalue weighted by Crippen LogP contribution is -2.55. The number of rotatable bonds is 10. The van der Waals surface area contributed by atoms with Crippen LogP contribution in [0.4, 0.5) is 5.82 Å². The molecule has 1 aromatic carbocycles. The van der Waals surface area contributed by atoms with Crippen LogP contribution in [0.1, 0.15) is 18.7 Å². The number of phosphoric ester groups is 1. The third-order valence-electron chi connectivity index (χ3n) is 6.03. The normalized spacial score (nSPS) is 22.0. The summed E-state index contributed by atoms with van der Waals surface area (Å²) in [5.41, 5.74) is 1.31. The first-order valence-electron chi connectivity index (χ1n) is 11.7. The second kappa shape index (κ2) is 11.6. The summed E-state index contributed by atoms with van der Waals surface area (Å²) in [6, 6.07) is 3.75. The van der Waals surface area contributed by atoms with Crippen molar-refractivity contribution >= 4 is 36.6 Å². The second-order valence-corrected chi connectivity index (χ2v) is 10.0. The van der Waals surface area contributed by atoms with Gasteiger partial charge in [0.15, 0.2) is 17.7 Å². The molecule has 0 radical (unpaired) electrons. The van der Waals surface area contributed by atoms with Crippen molar-refractivity contribution in [2.24, 2.45) is 0 Å². The number of aromatic nitrogens is 4. The van der Waals surface area contributed by atoms with E-state index < -0.39 is 56.8 Å². The Labute approximate surface area is 221 Å². The molecular formula is C22H28N7O9P. The summed E-state index contributed by atoms with van der Waals surface area (Å²) >= 11 is 0. The molecule has 4 rings (SSSR count). The third-order valence-corrected chi connectivity index (χ3v) is 6.52. The standard InChI is InChI=1S/C22H28N7O9P/c1-11(30)27-14(7-12-3-5-13(31)6-4-12)21(33)28-16-15(8-37-39(34,35)36)38-22(18(16)32)29-10-26-17-19(23-2)24-9-25-20(17)29/h3-6,9-10,14-16,18,22,31-32H,7-8H2,1-2H3,(H,27,30)(H,28,33)(H,23,24,25)(H2,34,35,36)/t14-,15+,16+,18+,22+/m0/s1. The molecule has 3 aromatic rings. The minimum absolute atomic E-state index is 0.0311. The van der Waals surface area contributed by atoms with Crippen molar-refractivity contribution in [3.63, 3.8) is 0 Å². The van der Waals surface area contributed by atoms with Crippen LogP contribution in [0, 0.1) is 0 Å². The van der Waals surface area contributed by atoms with Crippen molar-refractivity contribution in [3.8, 4) is 5.75 Å². The van der Waals surface area contributed by atoms with Crippen LogP contribution < -0.4 is 16.0 Å². The van der Waals surface area contributed by atoms with Crippen LogP contribution in [0.15, 0.2) is 36.9 Å². The molecule has 210 valence electrons. The zero-order valence-electron chi connectivity index (χ0n) is 20.8. The van der Waals surface area contributed by atoms with Crippen LogP contribution in [0.25, 0.3) is 11.2 Å². The predicted octanol–water partition coefficient (Wildman–Crippen LogP) is -0.827. The average Bonchev–Trinajstić information content (AvgIpc) is 3.44. The Kier molecular flexibility index (Phi) is 8.44. The fraction of sp³-hybridized carbons (Fsp3) is 0.409. The molecule has 39 heavy (non-hydrogen) atoms. The fourth-order valence-electron chi connectivity index (χ4n) is 4.27. The first-order chi connectivity index (χ1) is 18.5. The molecule has 0 unspecified atom stereocenters. The quantitative estimate of drug-likeness (QED) is 0.149. The first kappa shape index (κ1) is 28.4. The Morgan fingerprint density at radius 3 is 2.56 bits per heavy atom. The van der Waals surface area contributed by atoms with Gasteiger partial charge in [0, 0.05) is 20.4 Å². The van der Waals surface area contributed by atoms with E-state index >= 15 is 0 Å². The number of nitrogens with one attached hydrogen (secondary N) is 3. The number of aliphatic hydroxyl groups is 1. The minimum Gasteiger partial charge on any atom is -0.508 e. The lowest BCUT2D eigenvalue weighted by molar-refractivity contribution is -0.129. The Morgan fingerprint density at radius 1 is 1.21 bits per heavy atom. The number of hydrogen-bond acceptors (Lipinski definition) is 11. The van der Waals surface area contributed by atoms with Gasteiger partial charge in [0.25, 0.3) is 0 Å². The van der Waals surface area contributed by atoms with Gasteiger partial charge in [-0.2, -0.15) is 0 Å². The molecule has 3 heterocycles. The molecule has 17 heteroatoms. The Hall–Kier alpha value is -3.66. The summed E-state index contributed by atoms with van der Waals surface area (Å²) in [6.07, 6.45) is -1.15. The molecule has 1 aliphatic rings. The van der Waals surface area contributed by atoms with Gasteiger partial charge in [0.2, 0.25) is 11.8 Å². The zero-order valence-corrected chi connectivity index (χ0v) is 21.7. The average molecular weight is 565 g/mol. The fourth-order valence-corrected chi connectivity index (χ4v) is 4.61. The number of anilines is 1. The van der Waals surface area contributed by atoms with Gasteiger partial charge in [-0.3, -0.25) is 18.7 Å². The smallest absolute Gasteiger partial charge is 0.469 e. The van der Waals surface area contributed by atoms with E-state index in [4.69, 9.17) is 4.74 Å². The maximum Gasteiger partial charge on any atom is 0.469 e. The third kappa shape index (κ3) is 6.68. The van der Waals surface area contributed by atoms with E-state index in [1.807, 2.05) is 0 Å². The van der Waals surface area contributed by atoms with E-state index in [-0.39, 0.29) is 12.2 Å². The Balaban J connectivity index is 1.60. The van der Waals surface area contributed by atoms with Crippen molar-refractivity contribution in [1.82, 2.24) is 30.2 Å². The molecule has 2 amide bonds. The van der Waals surface area contributed by atoms with Crippen LogP contribution in [0.5, 0.6) is 5.75 Å². The number of aromatic hydroxyl groups is 1. The summed E-state index contributed by atoms with van der Waals surface area (Å²) in [4.78, 5) is 56.1. The van der Waals surface area contributed by atoms with Gasteiger partial charge in [-0.15, -0.1) is 0 Å². The maximum absolute atomic E-state index is 13.3. The highest BCUT2D eigenvalue weighted by atomic mass is 31.2. The molecule has 16 nitrogen and oxygen atoms in total. The molecule has 0 saturated carbocycles. The number of hydrogen-bond donors (Lipinski definition) is 7. The number of aliphatic hydroxyl groups excluding tert-OH is 1. The van der Waals surface area contributed by atoms with E-state index in [9.17, 15) is 34.2 Å². The number of fused-ring (bicyclic) bond motifs is 1. The first-order valence-corrected chi connectivity index (χ1v) is 13.2. The highest BCUT2D eigenvalue weighted by molar-refractivity contribution is 7.46. The van der Waals surface area contributed by atoms with Crippen molar-refractivity contribution in [2.45, 2.75) is 43.9 Å². The summed E-state index contributed by atoms with van der Waals surface area (Å²) < 4.78 is 23.3. The molecule has 2 aromatic heterocycles. The van der Waals surface area contributed by atoms with E-state index in [0.29, 0.717) is 22.5 Å². The van der Waals surface area contributed by atoms with Crippen molar-refractivity contribution in [3.05, 3.63) is 42.5 Å². The molecular weight excluding hydrogens is 537 g/mol. The second-order valence-electron chi connectivity index (χ2n) is 8.80. The van der Waals surface area contributed by atoms with Gasteiger partial charge in [0.05, 0.1) is 19.0 Å². The van der Waals surface area contributed by atoms with Crippen LogP contribution in [0.2, 0.25) is 0 Å². The topological polar surface area (TPSA) is 230 Å². The number of carbonyl (C=O) groups excluding carboxylic acids is 2. The summed E-state index contributed by atoms with van der Waals surface area (Å²) in [5.74, 6) is -0.724. The maximum atomic E-state index is 13.3. The number of phenolic OH excluding ortho intramolecular Hbond substituents is 1. The molecule has 1 fully saturated rings. The lowest BCUT2D eigenvalue weighted by Gasteiger charge is -2.25. The van der Waals surface area contributed by atoms with E-state index in [1.54, 1.807) is 19.2 Å². The Morgan fingerprint density at radius 2 is 1.92 bits per heavy atom. The molecule has 5 atom stereocenters. The number of ether oxygens (including phenoxy) is 1. The van der Waals surface area contributed by atoms with Gasteiger partial charge in [-0.05, 0) is 17.7 Å². The number of carbonyl (C=O) groups is 2. The number of imidazole rings is 1. The van der Waals surface area contributed by atoms with Gasteiger partial charge in [0.1, 0.15) is 35.8 Å². The minimum atomic E-state index is -4.92. The Bertz CT molecular complexity index is 1380. The van der Waals surface area contributed by atoms with Crippen LogP contribution in [-0.4, -0.2) is 89.3 Å². The van der Waals surface area contributed by atoms with E-state index in [0.717, 1.165) is 0 Å². The molecule has 1 saturated heterocycles. The van der Waals surface area contributed by atoms with Gasteiger partial charge in [-0.25, -0.2) is 19.5 Å².